The zero-order valence-corrected chi connectivity index (χ0v) is 39.1. The smallest absolute Gasteiger partial charge is 0.329 e. The van der Waals surface area contributed by atoms with E-state index in [1.807, 2.05) is 38.4 Å². The van der Waals surface area contributed by atoms with Gasteiger partial charge < -0.3 is 20.4 Å². The third kappa shape index (κ3) is 7.92. The lowest BCUT2D eigenvalue weighted by Gasteiger charge is -2.47. The number of nitrogens with zero attached hydrogens (tertiary/aromatic N) is 4. The zero-order chi connectivity index (χ0) is 46.7. The van der Waals surface area contributed by atoms with Crippen LogP contribution in [-0.4, -0.2) is 99.8 Å². The summed E-state index contributed by atoms with van der Waals surface area (Å²) in [5.74, 6) is -3.06. The van der Waals surface area contributed by atoms with E-state index in [4.69, 9.17) is 23.2 Å². The van der Waals surface area contributed by atoms with E-state index in [-0.39, 0.29) is 64.7 Å². The zero-order valence-electron chi connectivity index (χ0n) is 37.6. The van der Waals surface area contributed by atoms with Gasteiger partial charge in [-0.2, -0.15) is 0 Å². The molecule has 4 atom stereocenters. The summed E-state index contributed by atoms with van der Waals surface area (Å²) in [4.78, 5) is 84.6. The molecule has 1 aromatic heterocycles. The normalized spacial score (nSPS) is 25.9. The number of aryl methyl sites for hydroxylation is 1. The number of imide groups is 1. The van der Waals surface area contributed by atoms with Crippen molar-refractivity contribution in [3.63, 3.8) is 0 Å². The fraction of sp³-hybridized carbons (Fsp3) is 0.510. The van der Waals surface area contributed by atoms with E-state index >= 15 is 4.39 Å². The van der Waals surface area contributed by atoms with Gasteiger partial charge in [0, 0.05) is 74.3 Å². The van der Waals surface area contributed by atoms with Gasteiger partial charge >= 0.3 is 5.69 Å². The molecule has 1 unspecified atom stereocenters. The Morgan fingerprint density at radius 2 is 1.64 bits per heavy atom. The number of halogens is 3. The number of hydrogen-bond donors (Lipinski definition) is 4. The van der Waals surface area contributed by atoms with Crippen LogP contribution in [0, 0.1) is 11.7 Å². The highest BCUT2D eigenvalue weighted by molar-refractivity contribution is 6.31. The maximum Gasteiger partial charge on any atom is 0.329 e. The molecular formula is C49H57Cl2FN8O6. The van der Waals surface area contributed by atoms with Crippen LogP contribution >= 0.6 is 23.2 Å². The molecule has 2 spiro atoms. The number of rotatable bonds is 11. The fourth-order valence-corrected chi connectivity index (χ4v) is 12.3. The monoisotopic (exact) mass is 942 g/mol. The molecule has 350 valence electrons. The number of carbonyl (C=O) groups excluding carboxylic acids is 5. The van der Waals surface area contributed by atoms with Crippen LogP contribution in [0.5, 0.6) is 0 Å². The van der Waals surface area contributed by atoms with Crippen molar-refractivity contribution < 1.29 is 28.4 Å². The van der Waals surface area contributed by atoms with E-state index in [0.29, 0.717) is 91.9 Å². The summed E-state index contributed by atoms with van der Waals surface area (Å²) in [6, 6.07) is 14.0. The Balaban J connectivity index is 0.819. The predicted octanol–water partition coefficient (Wildman–Crippen LogP) is 5.72. The number of piperidine rings is 1. The predicted molar refractivity (Wildman–Crippen MR) is 250 cm³/mol. The lowest BCUT2D eigenvalue weighted by molar-refractivity contribution is -0.136. The first-order chi connectivity index (χ1) is 31.6. The first kappa shape index (κ1) is 46.0. The van der Waals surface area contributed by atoms with Crippen molar-refractivity contribution in [2.24, 2.45) is 13.0 Å². The summed E-state index contributed by atoms with van der Waals surface area (Å²) in [6.07, 6.45) is 7.53. The van der Waals surface area contributed by atoms with Crippen LogP contribution in [0.3, 0.4) is 0 Å². The second kappa shape index (κ2) is 18.2. The number of likely N-dealkylation sites (N-methyl/N-ethyl adjacent to an activating group) is 2. The van der Waals surface area contributed by atoms with Crippen LogP contribution in [0.25, 0.3) is 11.0 Å². The number of amides is 5. The number of imidazole rings is 1. The molecule has 5 aliphatic rings. The van der Waals surface area contributed by atoms with E-state index in [2.05, 4.69) is 26.2 Å². The van der Waals surface area contributed by atoms with Crippen LogP contribution in [0.15, 0.2) is 59.4 Å². The third-order valence-corrected chi connectivity index (χ3v) is 15.9. The van der Waals surface area contributed by atoms with Crippen molar-refractivity contribution in [2.45, 2.75) is 112 Å². The Kier molecular flexibility index (Phi) is 12.7. The highest BCUT2D eigenvalue weighted by atomic mass is 35.5. The van der Waals surface area contributed by atoms with Gasteiger partial charge in [-0.15, -0.1) is 0 Å². The average molecular weight is 944 g/mol. The maximum atomic E-state index is 16.3. The van der Waals surface area contributed by atoms with Crippen molar-refractivity contribution in [3.8, 4) is 0 Å². The summed E-state index contributed by atoms with van der Waals surface area (Å²) in [7, 11) is 5.52. The number of benzene rings is 3. The average Bonchev–Trinajstić information content (AvgIpc) is 3.85. The summed E-state index contributed by atoms with van der Waals surface area (Å²) >= 11 is 12.8. The molecule has 4 aromatic rings. The molecule has 0 radical (unpaired) electrons. The highest BCUT2D eigenvalue weighted by Crippen LogP contribution is 2.63. The molecule has 14 nitrogen and oxygen atoms in total. The molecule has 0 bridgehead atoms. The minimum absolute atomic E-state index is 0.0706. The molecule has 66 heavy (non-hydrogen) atoms. The van der Waals surface area contributed by atoms with Crippen LogP contribution < -0.4 is 27.0 Å². The Morgan fingerprint density at radius 1 is 0.879 bits per heavy atom. The standard InChI is InChI=1S/C49H57Cl2FN8O6/c1-57(23-20-28-10-17-36-38(26-28)59(3)47(66)60(36)37-18-19-39(61)55-43(37)62)24-25-58(2)45(64)29-11-14-31(15-12-29)53-44(63)42-40(32-8-7-9-34(51)41(32)52)49(48(56-42)21-5-4-6-22-48)33-16-13-30(50)27-35(33)54-46(49)65/h7-10,13,16-17,26-27,29,31,37,40,42,56H,4-6,11-12,14-15,18-25H2,1-3H3,(H,53,63)(H,54,65)(H,55,61,62)/t29?,31?,37?,40-,42+,49+/m0/s1. The minimum atomic E-state index is -1.31. The molecule has 2 aliphatic carbocycles. The van der Waals surface area contributed by atoms with Crippen molar-refractivity contribution in [2.75, 3.05) is 39.0 Å². The van der Waals surface area contributed by atoms with Gasteiger partial charge in [0.2, 0.25) is 29.5 Å². The molecule has 9 rings (SSSR count). The molecule has 4 heterocycles. The van der Waals surface area contributed by atoms with Gasteiger partial charge in [0.15, 0.2) is 0 Å². The van der Waals surface area contributed by atoms with Crippen molar-refractivity contribution in [1.82, 2.24) is 34.9 Å². The van der Waals surface area contributed by atoms with E-state index in [9.17, 15) is 28.8 Å². The lowest BCUT2D eigenvalue weighted by Crippen LogP contribution is -2.60. The van der Waals surface area contributed by atoms with Gasteiger partial charge in [-0.05, 0) is 105 Å². The summed E-state index contributed by atoms with van der Waals surface area (Å²) in [5, 5.41) is 12.8. The van der Waals surface area contributed by atoms with Crippen LogP contribution in [-0.2, 0) is 42.9 Å². The highest BCUT2D eigenvalue weighted by Gasteiger charge is 2.72. The number of aromatic nitrogens is 2. The minimum Gasteiger partial charge on any atom is -0.352 e. The molecule has 2 saturated heterocycles. The van der Waals surface area contributed by atoms with Gasteiger partial charge in [-0.3, -0.25) is 43.7 Å². The van der Waals surface area contributed by atoms with Gasteiger partial charge in [-0.1, -0.05) is 66.7 Å². The number of fused-ring (bicyclic) bond motifs is 4. The number of anilines is 1. The molecule has 3 aliphatic heterocycles. The van der Waals surface area contributed by atoms with Gasteiger partial charge in [0.25, 0.3) is 0 Å². The Hall–Kier alpha value is -5.09. The summed E-state index contributed by atoms with van der Waals surface area (Å²) in [5.41, 5.74) is 1.43. The number of carbonyl (C=O) groups is 5. The van der Waals surface area contributed by atoms with Crippen molar-refractivity contribution in [3.05, 3.63) is 97.6 Å². The number of hydrogen-bond acceptors (Lipinski definition) is 8. The first-order valence-electron chi connectivity index (χ1n) is 23.2. The van der Waals surface area contributed by atoms with Crippen LogP contribution in [0.2, 0.25) is 10.0 Å². The lowest BCUT2D eigenvalue weighted by atomic mass is 9.55. The van der Waals surface area contributed by atoms with Gasteiger partial charge in [0.1, 0.15) is 17.3 Å². The molecular weight excluding hydrogens is 886 g/mol. The molecule has 4 fully saturated rings. The molecule has 4 N–H and O–H groups in total. The summed E-state index contributed by atoms with van der Waals surface area (Å²) < 4.78 is 19.3. The second-order valence-electron chi connectivity index (χ2n) is 19.2. The van der Waals surface area contributed by atoms with Crippen molar-refractivity contribution >= 4 is 69.5 Å². The molecule has 17 heteroatoms. The third-order valence-electron chi connectivity index (χ3n) is 15.4. The van der Waals surface area contributed by atoms with Gasteiger partial charge in [0.05, 0.1) is 22.1 Å². The Bertz CT molecular complexity index is 2670. The topological polar surface area (TPSA) is 167 Å². The van der Waals surface area contributed by atoms with Crippen LogP contribution in [0.4, 0.5) is 10.1 Å². The van der Waals surface area contributed by atoms with E-state index < -0.39 is 40.7 Å². The molecule has 5 amide bonds. The summed E-state index contributed by atoms with van der Waals surface area (Å²) in [6.45, 7) is 1.91. The molecule has 2 saturated carbocycles. The van der Waals surface area contributed by atoms with E-state index in [0.717, 1.165) is 24.8 Å². The van der Waals surface area contributed by atoms with Crippen LogP contribution in [0.1, 0.15) is 99.3 Å². The Morgan fingerprint density at radius 3 is 2.38 bits per heavy atom. The van der Waals surface area contributed by atoms with Gasteiger partial charge in [-0.25, -0.2) is 9.18 Å². The van der Waals surface area contributed by atoms with E-state index in [1.54, 1.807) is 36.2 Å². The number of nitrogens with one attached hydrogen (secondary N) is 4. The maximum absolute atomic E-state index is 16.3. The fourth-order valence-electron chi connectivity index (χ4n) is 12.0. The SMILES string of the molecule is CN(CCc1ccc2c(c1)n(C)c(=O)n2C1CCC(=O)NC1=O)CCN(C)C(=O)C1CCC(NC(=O)[C@@H]2NC3(CCCCC3)[C@@]3(C(=O)Nc4cc(Cl)ccc43)[C@H]2c2cccc(Cl)c2F)CC1. The van der Waals surface area contributed by atoms with E-state index in [1.165, 1.54) is 15.2 Å². The quantitative estimate of drug-likeness (QED) is 0.139. The Labute approximate surface area is 392 Å². The van der Waals surface area contributed by atoms with Crippen molar-refractivity contribution in [1.29, 1.82) is 0 Å². The largest absolute Gasteiger partial charge is 0.352 e. The first-order valence-corrected chi connectivity index (χ1v) is 24.0. The second-order valence-corrected chi connectivity index (χ2v) is 20.1. The molecule has 3 aromatic carbocycles.